The van der Waals surface area contributed by atoms with Crippen molar-refractivity contribution in [2.75, 3.05) is 19.6 Å². The summed E-state index contributed by atoms with van der Waals surface area (Å²) in [5.41, 5.74) is 10.9. The van der Waals surface area contributed by atoms with Crippen molar-refractivity contribution in [3.63, 3.8) is 0 Å². The van der Waals surface area contributed by atoms with Gasteiger partial charge in [0.25, 0.3) is 0 Å². The largest absolute Gasteiger partial charge is 0.405 e. The minimum atomic E-state index is 0.616. The van der Waals surface area contributed by atoms with Gasteiger partial charge >= 0.3 is 0 Å². The first kappa shape index (κ1) is 17.2. The third-order valence-electron chi connectivity index (χ3n) is 3.14. The number of allylic oxidation sites excluding steroid dienone is 3. The molecule has 0 bridgehead atoms. The fourth-order valence-electron chi connectivity index (χ4n) is 2.08. The molecule has 0 rings (SSSR count). The third kappa shape index (κ3) is 9.25. The Morgan fingerprint density at radius 3 is 2.56 bits per heavy atom. The van der Waals surface area contributed by atoms with Crippen molar-refractivity contribution in [1.82, 2.24) is 4.90 Å². The lowest BCUT2D eigenvalue weighted by molar-refractivity contribution is 0.198. The molecule has 0 radical (unpaired) electrons. The van der Waals surface area contributed by atoms with Crippen molar-refractivity contribution in [3.8, 4) is 0 Å². The van der Waals surface area contributed by atoms with Crippen molar-refractivity contribution in [1.29, 1.82) is 0 Å². The van der Waals surface area contributed by atoms with Crippen molar-refractivity contribution in [3.05, 3.63) is 24.4 Å². The predicted octanol–water partition coefficient (Wildman–Crippen LogP) is 2.63. The molecule has 0 fully saturated rings. The minimum absolute atomic E-state index is 0.616. The van der Waals surface area contributed by atoms with Crippen LogP contribution in [-0.2, 0) is 0 Å². The molecule has 0 heterocycles. The average molecular weight is 253 g/mol. The van der Waals surface area contributed by atoms with E-state index in [1.54, 1.807) is 6.20 Å². The van der Waals surface area contributed by atoms with Gasteiger partial charge in [0.1, 0.15) is 0 Å². The monoisotopic (exact) mass is 253 g/mol. The normalized spacial score (nSPS) is 14.0. The van der Waals surface area contributed by atoms with Crippen molar-refractivity contribution in [2.24, 2.45) is 11.5 Å². The van der Waals surface area contributed by atoms with Crippen LogP contribution < -0.4 is 11.5 Å². The smallest absolute Gasteiger partial charge is 0.00789 e. The van der Waals surface area contributed by atoms with Gasteiger partial charge in [-0.15, -0.1) is 0 Å². The Balaban J connectivity index is 3.75. The summed E-state index contributed by atoms with van der Waals surface area (Å²) >= 11 is 0. The van der Waals surface area contributed by atoms with Crippen LogP contribution in [0.25, 0.3) is 0 Å². The van der Waals surface area contributed by atoms with Crippen LogP contribution in [-0.4, -0.2) is 30.6 Å². The molecule has 0 saturated heterocycles. The average Bonchev–Trinajstić information content (AvgIpc) is 2.36. The highest BCUT2D eigenvalue weighted by Crippen LogP contribution is 2.07. The van der Waals surface area contributed by atoms with Crippen LogP contribution in [0.15, 0.2) is 24.4 Å². The molecule has 0 aliphatic heterocycles. The summed E-state index contributed by atoms with van der Waals surface area (Å²) in [5, 5.41) is 0. The molecule has 1 unspecified atom stereocenters. The maximum absolute atomic E-state index is 5.63. The fraction of sp³-hybridized carbons (Fsp3) is 0.733. The molecule has 4 N–H and O–H groups in total. The van der Waals surface area contributed by atoms with E-state index in [-0.39, 0.29) is 0 Å². The summed E-state index contributed by atoms with van der Waals surface area (Å²) in [6.45, 7) is 7.69. The highest BCUT2D eigenvalue weighted by molar-refractivity contribution is 5.00. The molecule has 0 saturated carbocycles. The van der Waals surface area contributed by atoms with Crippen LogP contribution in [0.5, 0.6) is 0 Å². The van der Waals surface area contributed by atoms with Gasteiger partial charge in [0.15, 0.2) is 0 Å². The molecule has 106 valence electrons. The second-order valence-electron chi connectivity index (χ2n) is 4.77. The number of nitrogens with zero attached hydrogens (tertiary/aromatic N) is 1. The summed E-state index contributed by atoms with van der Waals surface area (Å²) in [7, 11) is 0. The molecule has 0 aromatic heterocycles. The lowest BCUT2D eigenvalue weighted by Crippen LogP contribution is -2.36. The Morgan fingerprint density at radius 1 is 1.17 bits per heavy atom. The minimum Gasteiger partial charge on any atom is -0.405 e. The lowest BCUT2D eigenvalue weighted by Gasteiger charge is -2.28. The highest BCUT2D eigenvalue weighted by Gasteiger charge is 2.10. The number of hydrogen-bond donors (Lipinski definition) is 2. The molecule has 3 nitrogen and oxygen atoms in total. The first-order chi connectivity index (χ1) is 8.76. The quantitative estimate of drug-likeness (QED) is 0.439. The summed E-state index contributed by atoms with van der Waals surface area (Å²) in [5.74, 6) is 0. The third-order valence-corrected chi connectivity index (χ3v) is 3.14. The van der Waals surface area contributed by atoms with Crippen LogP contribution in [0, 0.1) is 0 Å². The van der Waals surface area contributed by atoms with E-state index in [2.05, 4.69) is 24.8 Å². The standard InChI is InChI=1S/C15H31N3/c1-3-13-18(15(2)10-12-17)14-9-7-5-4-6-8-11-16/h4,6,8,11,15H,3,5,7,9-10,12-14,16-17H2,1-2H3/b6-4-,11-8-. The number of hydrogen-bond acceptors (Lipinski definition) is 3. The summed E-state index contributed by atoms with van der Waals surface area (Å²) < 4.78 is 0. The van der Waals surface area contributed by atoms with Gasteiger partial charge < -0.3 is 16.4 Å². The SMILES string of the molecule is CCCN(CCCC/C=C\C=C/N)C(C)CCN. The maximum Gasteiger partial charge on any atom is 0.00789 e. The number of nitrogens with two attached hydrogens (primary N) is 2. The van der Waals surface area contributed by atoms with Crippen LogP contribution >= 0.6 is 0 Å². The van der Waals surface area contributed by atoms with E-state index in [1.807, 2.05) is 12.2 Å². The van der Waals surface area contributed by atoms with Crippen molar-refractivity contribution < 1.29 is 0 Å². The predicted molar refractivity (Wildman–Crippen MR) is 81.3 cm³/mol. The van der Waals surface area contributed by atoms with E-state index in [1.165, 1.54) is 32.4 Å². The maximum atomic E-state index is 5.63. The molecule has 0 amide bonds. The lowest BCUT2D eigenvalue weighted by atomic mass is 10.1. The van der Waals surface area contributed by atoms with Crippen molar-refractivity contribution in [2.45, 2.75) is 52.0 Å². The van der Waals surface area contributed by atoms with E-state index in [9.17, 15) is 0 Å². The Morgan fingerprint density at radius 2 is 1.94 bits per heavy atom. The summed E-state index contributed by atoms with van der Waals surface area (Å²) in [6, 6.07) is 0.616. The molecule has 0 aromatic rings. The first-order valence-electron chi connectivity index (χ1n) is 7.23. The van der Waals surface area contributed by atoms with E-state index in [0.29, 0.717) is 6.04 Å². The van der Waals surface area contributed by atoms with Gasteiger partial charge in [0.2, 0.25) is 0 Å². The van der Waals surface area contributed by atoms with Gasteiger partial charge in [-0.25, -0.2) is 0 Å². The molecular formula is C15H31N3. The van der Waals surface area contributed by atoms with Crippen LogP contribution in [0.3, 0.4) is 0 Å². The van der Waals surface area contributed by atoms with Gasteiger partial charge in [-0.2, -0.15) is 0 Å². The summed E-state index contributed by atoms with van der Waals surface area (Å²) in [4.78, 5) is 2.57. The zero-order chi connectivity index (χ0) is 13.6. The molecule has 18 heavy (non-hydrogen) atoms. The zero-order valence-electron chi connectivity index (χ0n) is 12.1. The van der Waals surface area contributed by atoms with Crippen molar-refractivity contribution >= 4 is 0 Å². The fourth-order valence-corrected chi connectivity index (χ4v) is 2.08. The molecule has 1 atom stereocenters. The molecule has 3 heteroatoms. The number of rotatable bonds is 11. The van der Waals surface area contributed by atoms with Gasteiger partial charge in [-0.3, -0.25) is 0 Å². The topological polar surface area (TPSA) is 55.3 Å². The molecule has 0 aromatic carbocycles. The van der Waals surface area contributed by atoms with E-state index >= 15 is 0 Å². The molecular weight excluding hydrogens is 222 g/mol. The van der Waals surface area contributed by atoms with Gasteiger partial charge in [-0.05, 0) is 70.9 Å². The second kappa shape index (κ2) is 12.7. The van der Waals surface area contributed by atoms with Crippen LogP contribution in [0.4, 0.5) is 0 Å². The van der Waals surface area contributed by atoms with Gasteiger partial charge in [0.05, 0.1) is 0 Å². The number of unbranched alkanes of at least 4 members (excludes halogenated alkanes) is 2. The Bertz CT molecular complexity index is 224. The molecule has 0 aliphatic carbocycles. The van der Waals surface area contributed by atoms with E-state index < -0.39 is 0 Å². The summed E-state index contributed by atoms with van der Waals surface area (Å²) in [6.07, 6.45) is 13.6. The van der Waals surface area contributed by atoms with Gasteiger partial charge in [-0.1, -0.05) is 19.1 Å². The zero-order valence-corrected chi connectivity index (χ0v) is 12.1. The van der Waals surface area contributed by atoms with Crippen LogP contribution in [0.2, 0.25) is 0 Å². The van der Waals surface area contributed by atoms with Gasteiger partial charge in [0, 0.05) is 6.04 Å². The van der Waals surface area contributed by atoms with Crippen LogP contribution in [0.1, 0.15) is 46.0 Å². The first-order valence-corrected chi connectivity index (χ1v) is 7.23. The molecule has 0 aliphatic rings. The Kier molecular flexibility index (Phi) is 12.1. The highest BCUT2D eigenvalue weighted by atomic mass is 15.1. The molecule has 0 spiro atoms. The Hall–Kier alpha value is -0.800. The second-order valence-corrected chi connectivity index (χ2v) is 4.77. The van der Waals surface area contributed by atoms with E-state index in [0.717, 1.165) is 19.4 Å². The van der Waals surface area contributed by atoms with E-state index in [4.69, 9.17) is 11.5 Å². The Labute approximate surface area is 113 Å².